The Morgan fingerprint density at radius 3 is 2.65 bits per heavy atom. The van der Waals surface area contributed by atoms with E-state index in [-0.39, 0.29) is 18.4 Å². The molecule has 9 heteroatoms. The van der Waals surface area contributed by atoms with Crippen LogP contribution in [0.15, 0.2) is 24.4 Å². The first kappa shape index (κ1) is 22.1. The molecule has 0 fully saturated rings. The Morgan fingerprint density at radius 2 is 2.00 bits per heavy atom. The van der Waals surface area contributed by atoms with Crippen molar-refractivity contribution in [2.45, 2.75) is 46.1 Å². The van der Waals surface area contributed by atoms with E-state index in [9.17, 15) is 9.59 Å². The number of fused-ring (bicyclic) bond motifs is 1. The molecule has 0 aliphatic carbocycles. The van der Waals surface area contributed by atoms with Gasteiger partial charge in [0.05, 0.1) is 0 Å². The molecular formula is C22H27N5O4. The summed E-state index contributed by atoms with van der Waals surface area (Å²) in [5.74, 6) is 0.463. The second-order valence-electron chi connectivity index (χ2n) is 7.76. The van der Waals surface area contributed by atoms with Gasteiger partial charge in [-0.25, -0.2) is 9.78 Å². The van der Waals surface area contributed by atoms with Crippen LogP contribution < -0.4 is 25.8 Å². The van der Waals surface area contributed by atoms with Gasteiger partial charge in [-0.05, 0) is 62.9 Å². The third-order valence-electron chi connectivity index (χ3n) is 5.52. The maximum absolute atomic E-state index is 12.9. The zero-order chi connectivity index (χ0) is 22.8. The molecule has 1 amide bonds. The summed E-state index contributed by atoms with van der Waals surface area (Å²) >= 11 is 0. The van der Waals surface area contributed by atoms with E-state index in [1.807, 2.05) is 20.8 Å². The Morgan fingerprint density at radius 1 is 1.26 bits per heavy atom. The zero-order valence-corrected chi connectivity index (χ0v) is 18.1. The average Bonchev–Trinajstić information content (AvgIpc) is 2.74. The second-order valence-corrected chi connectivity index (χ2v) is 7.76. The molecule has 0 saturated carbocycles. The van der Waals surface area contributed by atoms with E-state index in [2.05, 4.69) is 15.6 Å². The number of nitrogens with two attached hydrogens (primary N) is 1. The Labute approximate surface area is 180 Å². The Hall–Kier alpha value is -3.62. The number of nitrogens with zero attached hydrogens (tertiary/aromatic N) is 1. The summed E-state index contributed by atoms with van der Waals surface area (Å²) in [6, 6.07) is 5.30. The van der Waals surface area contributed by atoms with Crippen LogP contribution in [0, 0.1) is 26.2 Å². The molecule has 3 rings (SSSR count). The molecule has 1 aliphatic rings. The lowest BCUT2D eigenvalue weighted by Crippen LogP contribution is -2.48. The topological polar surface area (TPSA) is 139 Å². The van der Waals surface area contributed by atoms with E-state index < -0.39 is 11.6 Å². The molecule has 5 N–H and O–H groups in total. The molecule has 2 aromatic rings. The van der Waals surface area contributed by atoms with E-state index in [0.717, 1.165) is 22.3 Å². The molecule has 31 heavy (non-hydrogen) atoms. The van der Waals surface area contributed by atoms with Gasteiger partial charge < -0.3 is 25.8 Å². The van der Waals surface area contributed by atoms with E-state index in [1.54, 1.807) is 31.3 Å². The number of carbonyl (C=O) groups excluding carboxylic acids is 2. The van der Waals surface area contributed by atoms with Gasteiger partial charge in [-0.2, -0.15) is 0 Å². The number of amides is 1. The van der Waals surface area contributed by atoms with Gasteiger partial charge in [0.1, 0.15) is 23.9 Å². The van der Waals surface area contributed by atoms with Crippen LogP contribution in [0.1, 0.15) is 35.6 Å². The highest BCUT2D eigenvalue weighted by Crippen LogP contribution is 2.44. The molecule has 0 saturated heterocycles. The van der Waals surface area contributed by atoms with Gasteiger partial charge >= 0.3 is 5.97 Å². The third-order valence-corrected chi connectivity index (χ3v) is 5.52. The number of esters is 1. The maximum atomic E-state index is 12.9. The average molecular weight is 425 g/mol. The highest BCUT2D eigenvalue weighted by atomic mass is 16.5. The van der Waals surface area contributed by atoms with Crippen LogP contribution in [0.2, 0.25) is 0 Å². The number of guanidine groups is 1. The molecule has 1 aromatic carbocycles. The largest absolute Gasteiger partial charge is 0.477 e. The van der Waals surface area contributed by atoms with Crippen LogP contribution >= 0.6 is 0 Å². The zero-order valence-electron chi connectivity index (χ0n) is 18.1. The van der Waals surface area contributed by atoms with Crippen LogP contribution in [-0.4, -0.2) is 35.0 Å². The summed E-state index contributed by atoms with van der Waals surface area (Å²) in [6.07, 6.45) is 2.66. The first-order valence-electron chi connectivity index (χ1n) is 9.95. The van der Waals surface area contributed by atoms with Crippen molar-refractivity contribution >= 4 is 23.7 Å². The number of benzene rings is 1. The molecule has 1 aliphatic heterocycles. The molecule has 0 spiro atoms. The normalized spacial score (nSPS) is 17.2. The number of hydrogen-bond donors (Lipinski definition) is 4. The first-order chi connectivity index (χ1) is 14.6. The standard InChI is InChI=1S/C22H27N5O4/c1-12-13(2)19-15(14(3)18(12)30-17(28)11-26-21(23)24)8-9-22(4,31-19)20(29)27-16-7-5-6-10-25-16/h5-7,10H,8-9,11H2,1-4H3,(H4,23,24,26)(H,25,27,29). The van der Waals surface area contributed by atoms with Crippen molar-refractivity contribution in [3.8, 4) is 11.5 Å². The summed E-state index contributed by atoms with van der Waals surface area (Å²) in [5.41, 5.74) is 7.42. The smallest absolute Gasteiger partial charge is 0.330 e. The van der Waals surface area contributed by atoms with E-state index in [0.29, 0.717) is 30.2 Å². The van der Waals surface area contributed by atoms with Gasteiger partial charge in [-0.3, -0.25) is 10.2 Å². The molecule has 1 aromatic heterocycles. The van der Waals surface area contributed by atoms with Gasteiger partial charge in [0.15, 0.2) is 11.6 Å². The van der Waals surface area contributed by atoms with Crippen molar-refractivity contribution < 1.29 is 19.1 Å². The summed E-state index contributed by atoms with van der Waals surface area (Å²) in [6.45, 7) is 7.15. The molecule has 9 nitrogen and oxygen atoms in total. The van der Waals surface area contributed by atoms with Crippen molar-refractivity contribution in [3.05, 3.63) is 46.6 Å². The fourth-order valence-corrected chi connectivity index (χ4v) is 3.55. The quantitative estimate of drug-likeness (QED) is 0.249. The molecule has 0 bridgehead atoms. The highest BCUT2D eigenvalue weighted by Gasteiger charge is 2.41. The number of aromatic nitrogens is 1. The van der Waals surface area contributed by atoms with Crippen LogP contribution in [0.4, 0.5) is 5.82 Å². The predicted molar refractivity (Wildman–Crippen MR) is 116 cm³/mol. The molecule has 0 radical (unpaired) electrons. The van der Waals surface area contributed by atoms with Gasteiger partial charge in [-0.15, -0.1) is 0 Å². The van der Waals surface area contributed by atoms with Crippen molar-refractivity contribution in [2.24, 2.45) is 5.73 Å². The molecule has 1 atom stereocenters. The Kier molecular flexibility index (Phi) is 6.14. The molecule has 2 heterocycles. The maximum Gasteiger partial charge on any atom is 0.330 e. The van der Waals surface area contributed by atoms with E-state index >= 15 is 0 Å². The third kappa shape index (κ3) is 4.60. The first-order valence-corrected chi connectivity index (χ1v) is 9.95. The lowest BCUT2D eigenvalue weighted by Gasteiger charge is -2.36. The van der Waals surface area contributed by atoms with Gasteiger partial charge in [-0.1, -0.05) is 6.07 Å². The number of hydrogen-bond acceptors (Lipinski definition) is 6. The lowest BCUT2D eigenvalue weighted by atomic mass is 9.86. The monoisotopic (exact) mass is 425 g/mol. The minimum atomic E-state index is -1.06. The number of anilines is 1. The minimum Gasteiger partial charge on any atom is -0.477 e. The number of nitrogens with one attached hydrogen (secondary N) is 3. The summed E-state index contributed by atoms with van der Waals surface area (Å²) in [5, 5.41) is 12.4. The molecular weight excluding hydrogens is 398 g/mol. The number of rotatable bonds is 5. The fraction of sp³-hybridized carbons (Fsp3) is 0.364. The van der Waals surface area contributed by atoms with Crippen molar-refractivity contribution in [3.63, 3.8) is 0 Å². The highest BCUT2D eigenvalue weighted by molar-refractivity contribution is 5.97. The lowest BCUT2D eigenvalue weighted by molar-refractivity contribution is -0.133. The fourth-order valence-electron chi connectivity index (χ4n) is 3.55. The number of pyridine rings is 1. The van der Waals surface area contributed by atoms with E-state index in [1.165, 1.54) is 0 Å². The Bertz CT molecular complexity index is 1040. The summed E-state index contributed by atoms with van der Waals surface area (Å²) in [4.78, 5) is 29.2. The van der Waals surface area contributed by atoms with Crippen LogP contribution in [0.3, 0.4) is 0 Å². The van der Waals surface area contributed by atoms with Gasteiger partial charge in [0.2, 0.25) is 0 Å². The summed E-state index contributed by atoms with van der Waals surface area (Å²) < 4.78 is 11.8. The van der Waals surface area contributed by atoms with Gasteiger partial charge in [0.25, 0.3) is 5.91 Å². The minimum absolute atomic E-state index is 0.202. The van der Waals surface area contributed by atoms with E-state index in [4.69, 9.17) is 20.6 Å². The SMILES string of the molecule is Cc1c(C)c2c(c(C)c1OC(=O)CNC(=N)N)CCC(C)(C(=O)Nc1ccccn1)O2. The Balaban J connectivity index is 1.85. The number of carbonyl (C=O) groups is 2. The molecule has 1 unspecified atom stereocenters. The predicted octanol–water partition coefficient (Wildman–Crippen LogP) is 2.12. The second kappa shape index (κ2) is 8.63. The van der Waals surface area contributed by atoms with Crippen LogP contribution in [-0.2, 0) is 16.0 Å². The van der Waals surface area contributed by atoms with Crippen LogP contribution in [0.5, 0.6) is 11.5 Å². The van der Waals surface area contributed by atoms with Gasteiger partial charge in [0, 0.05) is 18.2 Å². The van der Waals surface area contributed by atoms with Crippen molar-refractivity contribution in [1.82, 2.24) is 10.3 Å². The molecule has 164 valence electrons. The number of ether oxygens (including phenoxy) is 2. The summed E-state index contributed by atoms with van der Waals surface area (Å²) in [7, 11) is 0. The van der Waals surface area contributed by atoms with Crippen molar-refractivity contribution in [1.29, 1.82) is 5.41 Å². The van der Waals surface area contributed by atoms with Crippen molar-refractivity contribution in [2.75, 3.05) is 11.9 Å². The van der Waals surface area contributed by atoms with Crippen LogP contribution in [0.25, 0.3) is 0 Å².